The molecule has 0 saturated carbocycles. The maximum absolute atomic E-state index is 12.5. The van der Waals surface area contributed by atoms with Gasteiger partial charge in [0.1, 0.15) is 5.69 Å². The summed E-state index contributed by atoms with van der Waals surface area (Å²) in [5.74, 6) is -0.0185. The minimum absolute atomic E-state index is 0.0185. The van der Waals surface area contributed by atoms with Gasteiger partial charge in [-0.05, 0) is 38.3 Å². The van der Waals surface area contributed by atoms with Crippen molar-refractivity contribution < 1.29 is 9.53 Å². The molecule has 0 aliphatic carbocycles. The lowest BCUT2D eigenvalue weighted by atomic mass is 10.2. The molecule has 1 aliphatic heterocycles. The normalized spacial score (nSPS) is 17.7. The molecule has 21 heavy (non-hydrogen) atoms. The number of hydrogen-bond acceptors (Lipinski definition) is 4. The van der Waals surface area contributed by atoms with Crippen LogP contribution < -0.4 is 5.32 Å². The number of ether oxygens (including phenoxy) is 1. The summed E-state index contributed by atoms with van der Waals surface area (Å²) >= 11 is 0. The van der Waals surface area contributed by atoms with Gasteiger partial charge < -0.3 is 15.0 Å². The van der Waals surface area contributed by atoms with Crippen LogP contribution >= 0.6 is 0 Å². The lowest BCUT2D eigenvalue weighted by Crippen LogP contribution is -2.37. The number of hydrogen-bond donors (Lipinski definition) is 1. The van der Waals surface area contributed by atoms with Gasteiger partial charge in [-0.15, -0.1) is 0 Å². The van der Waals surface area contributed by atoms with Crippen molar-refractivity contribution in [2.45, 2.75) is 39.2 Å². The Labute approximate surface area is 126 Å². The van der Waals surface area contributed by atoms with Crippen molar-refractivity contribution in [3.63, 3.8) is 0 Å². The van der Waals surface area contributed by atoms with Gasteiger partial charge in [-0.25, -0.2) is 4.98 Å². The van der Waals surface area contributed by atoms with Crippen LogP contribution in [0.4, 0.5) is 5.69 Å². The number of rotatable bonds is 7. The fourth-order valence-corrected chi connectivity index (χ4v) is 2.45. The van der Waals surface area contributed by atoms with E-state index in [0.29, 0.717) is 18.8 Å². The summed E-state index contributed by atoms with van der Waals surface area (Å²) in [5.41, 5.74) is 1.45. The Bertz CT molecular complexity index is 441. The third kappa shape index (κ3) is 4.43. The summed E-state index contributed by atoms with van der Waals surface area (Å²) in [6.07, 6.45) is 5.09. The number of likely N-dealkylation sites (N-methyl/N-ethyl adjacent to an activating group) is 1. The number of carbonyl (C=O) groups excluding carboxylic acids is 1. The molecule has 0 spiro atoms. The molecule has 2 heterocycles. The summed E-state index contributed by atoms with van der Waals surface area (Å²) in [5, 5.41) is 3.26. The molecule has 1 N–H and O–H groups in total. The van der Waals surface area contributed by atoms with Gasteiger partial charge in [0, 0.05) is 26.2 Å². The van der Waals surface area contributed by atoms with E-state index in [1.165, 1.54) is 0 Å². The first kappa shape index (κ1) is 15.8. The smallest absolute Gasteiger partial charge is 0.272 e. The maximum Gasteiger partial charge on any atom is 0.272 e. The molecule has 1 atom stereocenters. The molecule has 5 nitrogen and oxygen atoms in total. The van der Waals surface area contributed by atoms with Crippen LogP contribution in [0.2, 0.25) is 0 Å². The second-order valence-electron chi connectivity index (χ2n) is 5.34. The number of aromatic nitrogens is 1. The number of carbonyl (C=O) groups is 1. The maximum atomic E-state index is 12.5. The van der Waals surface area contributed by atoms with Crippen LogP contribution in [-0.4, -0.2) is 48.1 Å². The van der Waals surface area contributed by atoms with E-state index in [4.69, 9.17) is 4.74 Å². The first-order chi connectivity index (χ1) is 10.2. The van der Waals surface area contributed by atoms with Crippen LogP contribution in [0.15, 0.2) is 18.3 Å². The van der Waals surface area contributed by atoms with E-state index in [-0.39, 0.29) is 12.0 Å². The third-order valence-electron chi connectivity index (χ3n) is 3.68. The Morgan fingerprint density at radius 3 is 2.90 bits per heavy atom. The molecular formula is C16H25N3O2. The SMILES string of the molecule is CCCNc1ccc(C(=O)N(CC)CC2CCCO2)nc1. The Kier molecular flexibility index (Phi) is 5.99. The van der Waals surface area contributed by atoms with Gasteiger partial charge in [-0.2, -0.15) is 0 Å². The molecule has 1 aromatic heterocycles. The standard InChI is InChI=1S/C16H25N3O2/c1-3-9-17-13-7-8-15(18-11-13)16(20)19(4-2)12-14-6-5-10-21-14/h7-8,11,14,17H,3-6,9-10,12H2,1-2H3. The highest BCUT2D eigenvalue weighted by molar-refractivity contribution is 5.92. The summed E-state index contributed by atoms with van der Waals surface area (Å²) in [7, 11) is 0. The summed E-state index contributed by atoms with van der Waals surface area (Å²) in [6, 6.07) is 3.70. The average molecular weight is 291 g/mol. The van der Waals surface area contributed by atoms with Gasteiger partial charge in [-0.1, -0.05) is 6.92 Å². The van der Waals surface area contributed by atoms with Crippen molar-refractivity contribution in [1.29, 1.82) is 0 Å². The van der Waals surface area contributed by atoms with Crippen molar-refractivity contribution in [3.8, 4) is 0 Å². The van der Waals surface area contributed by atoms with Gasteiger partial charge in [0.2, 0.25) is 0 Å². The molecular weight excluding hydrogens is 266 g/mol. The predicted molar refractivity (Wildman–Crippen MR) is 83.6 cm³/mol. The first-order valence-corrected chi connectivity index (χ1v) is 7.85. The fourth-order valence-electron chi connectivity index (χ4n) is 2.45. The van der Waals surface area contributed by atoms with Crippen LogP contribution in [0, 0.1) is 0 Å². The molecule has 2 rings (SSSR count). The van der Waals surface area contributed by atoms with Crippen molar-refractivity contribution >= 4 is 11.6 Å². The molecule has 5 heteroatoms. The molecule has 1 aromatic rings. The highest BCUT2D eigenvalue weighted by Crippen LogP contribution is 2.15. The Morgan fingerprint density at radius 2 is 2.33 bits per heavy atom. The zero-order valence-corrected chi connectivity index (χ0v) is 13.0. The van der Waals surface area contributed by atoms with Gasteiger partial charge in [0.15, 0.2) is 0 Å². The van der Waals surface area contributed by atoms with Crippen LogP contribution in [0.1, 0.15) is 43.6 Å². The van der Waals surface area contributed by atoms with Crippen LogP contribution in [0.3, 0.4) is 0 Å². The van der Waals surface area contributed by atoms with E-state index in [1.54, 1.807) is 12.3 Å². The van der Waals surface area contributed by atoms with E-state index >= 15 is 0 Å². The van der Waals surface area contributed by atoms with Gasteiger partial charge >= 0.3 is 0 Å². The van der Waals surface area contributed by atoms with Crippen molar-refractivity contribution in [2.75, 3.05) is 31.6 Å². The van der Waals surface area contributed by atoms with Crippen LogP contribution in [0.5, 0.6) is 0 Å². The number of nitrogens with one attached hydrogen (secondary N) is 1. The molecule has 116 valence electrons. The predicted octanol–water partition coefficient (Wildman–Crippen LogP) is 2.54. The van der Waals surface area contributed by atoms with Gasteiger partial charge in [-0.3, -0.25) is 4.79 Å². The summed E-state index contributed by atoms with van der Waals surface area (Å²) in [4.78, 5) is 18.6. The van der Waals surface area contributed by atoms with Crippen LogP contribution in [0.25, 0.3) is 0 Å². The number of pyridine rings is 1. The minimum Gasteiger partial charge on any atom is -0.384 e. The molecule has 1 fully saturated rings. The Morgan fingerprint density at radius 1 is 1.48 bits per heavy atom. The molecule has 1 saturated heterocycles. The quantitative estimate of drug-likeness (QED) is 0.839. The largest absolute Gasteiger partial charge is 0.384 e. The lowest BCUT2D eigenvalue weighted by molar-refractivity contribution is 0.0535. The van der Waals surface area contributed by atoms with Crippen molar-refractivity contribution in [3.05, 3.63) is 24.0 Å². The van der Waals surface area contributed by atoms with E-state index in [2.05, 4.69) is 17.2 Å². The second kappa shape index (κ2) is 7.98. The lowest BCUT2D eigenvalue weighted by Gasteiger charge is -2.23. The number of anilines is 1. The Hall–Kier alpha value is -1.62. The summed E-state index contributed by atoms with van der Waals surface area (Å²) < 4.78 is 5.61. The molecule has 0 radical (unpaired) electrons. The molecule has 0 aromatic carbocycles. The third-order valence-corrected chi connectivity index (χ3v) is 3.68. The monoisotopic (exact) mass is 291 g/mol. The second-order valence-corrected chi connectivity index (χ2v) is 5.34. The zero-order chi connectivity index (χ0) is 15.1. The van der Waals surface area contributed by atoms with E-state index in [9.17, 15) is 4.79 Å². The highest BCUT2D eigenvalue weighted by Gasteiger charge is 2.22. The first-order valence-electron chi connectivity index (χ1n) is 7.85. The van der Waals surface area contributed by atoms with E-state index in [0.717, 1.165) is 38.1 Å². The highest BCUT2D eigenvalue weighted by atomic mass is 16.5. The minimum atomic E-state index is -0.0185. The van der Waals surface area contributed by atoms with Gasteiger partial charge in [0.05, 0.1) is 18.0 Å². The topological polar surface area (TPSA) is 54.5 Å². The van der Waals surface area contributed by atoms with Crippen molar-refractivity contribution in [2.24, 2.45) is 0 Å². The number of amides is 1. The van der Waals surface area contributed by atoms with Crippen LogP contribution in [-0.2, 0) is 4.74 Å². The van der Waals surface area contributed by atoms with E-state index < -0.39 is 0 Å². The fraction of sp³-hybridized carbons (Fsp3) is 0.625. The molecule has 1 amide bonds. The van der Waals surface area contributed by atoms with Gasteiger partial charge in [0.25, 0.3) is 5.91 Å². The zero-order valence-electron chi connectivity index (χ0n) is 13.0. The average Bonchev–Trinajstić information content (AvgIpc) is 3.03. The molecule has 1 aliphatic rings. The molecule has 0 bridgehead atoms. The molecule has 1 unspecified atom stereocenters. The van der Waals surface area contributed by atoms with E-state index in [1.807, 2.05) is 17.9 Å². The van der Waals surface area contributed by atoms with Crippen molar-refractivity contribution in [1.82, 2.24) is 9.88 Å². The summed E-state index contributed by atoms with van der Waals surface area (Å²) in [6.45, 7) is 7.16. The Balaban J connectivity index is 1.96. The number of nitrogens with zero attached hydrogens (tertiary/aromatic N) is 2.